The van der Waals surface area contributed by atoms with Gasteiger partial charge in [0.25, 0.3) is 0 Å². The number of nitrogens with zero attached hydrogens (tertiary/aromatic N) is 2. The van der Waals surface area contributed by atoms with E-state index in [4.69, 9.17) is 9.84 Å². The number of hydrogen-bond acceptors (Lipinski definition) is 4. The molecule has 0 saturated carbocycles. The monoisotopic (exact) mass is 375 g/mol. The van der Waals surface area contributed by atoms with Crippen LogP contribution in [0.3, 0.4) is 0 Å². The minimum Gasteiger partial charge on any atom is -0.481 e. The third-order valence-corrected chi connectivity index (χ3v) is 3.99. The lowest BCUT2D eigenvalue weighted by atomic mass is 9.91. The van der Waals surface area contributed by atoms with Crippen LogP contribution in [0.15, 0.2) is 18.3 Å². The van der Waals surface area contributed by atoms with E-state index in [1.54, 1.807) is 0 Å². The molecule has 2 amide bonds. The zero-order valence-electron chi connectivity index (χ0n) is 14.1. The molecular weight excluding hydrogens is 355 g/mol. The van der Waals surface area contributed by atoms with Crippen LogP contribution < -0.4 is 10.1 Å². The number of aromatic nitrogens is 1. The van der Waals surface area contributed by atoms with Crippen molar-refractivity contribution in [3.05, 3.63) is 23.9 Å². The Bertz CT molecular complexity index is 637. The van der Waals surface area contributed by atoms with Crippen LogP contribution in [0.25, 0.3) is 0 Å². The molecule has 1 fully saturated rings. The molecule has 1 aliphatic rings. The zero-order valence-corrected chi connectivity index (χ0v) is 14.1. The van der Waals surface area contributed by atoms with Gasteiger partial charge in [0.2, 0.25) is 5.88 Å². The van der Waals surface area contributed by atoms with E-state index in [1.807, 2.05) is 6.92 Å². The van der Waals surface area contributed by atoms with Gasteiger partial charge in [0.05, 0.1) is 18.0 Å². The fraction of sp³-hybridized carbons (Fsp3) is 0.562. The van der Waals surface area contributed by atoms with Crippen molar-refractivity contribution < 1.29 is 32.6 Å². The van der Waals surface area contributed by atoms with E-state index in [1.165, 1.54) is 4.90 Å². The maximum absolute atomic E-state index is 12.4. The number of amides is 2. The molecule has 1 aliphatic heterocycles. The van der Waals surface area contributed by atoms with Gasteiger partial charge >= 0.3 is 18.2 Å². The third-order valence-electron chi connectivity index (χ3n) is 3.99. The van der Waals surface area contributed by atoms with Gasteiger partial charge in [0, 0.05) is 25.4 Å². The highest BCUT2D eigenvalue weighted by Crippen LogP contribution is 2.29. The fourth-order valence-electron chi connectivity index (χ4n) is 2.76. The second-order valence-electron chi connectivity index (χ2n) is 6.24. The number of halogens is 3. The van der Waals surface area contributed by atoms with Gasteiger partial charge in [-0.25, -0.2) is 9.78 Å². The third kappa shape index (κ3) is 5.50. The van der Waals surface area contributed by atoms with Crippen molar-refractivity contribution in [2.45, 2.75) is 19.5 Å². The smallest absolute Gasteiger partial charge is 0.417 e. The summed E-state index contributed by atoms with van der Waals surface area (Å²) in [6.07, 6.45) is -3.25. The topological polar surface area (TPSA) is 91.8 Å². The van der Waals surface area contributed by atoms with Crippen LogP contribution in [0.5, 0.6) is 5.88 Å². The number of aliphatic carboxylic acids is 1. The van der Waals surface area contributed by atoms with Crippen molar-refractivity contribution in [2.24, 2.45) is 11.8 Å². The van der Waals surface area contributed by atoms with E-state index in [-0.39, 0.29) is 31.5 Å². The summed E-state index contributed by atoms with van der Waals surface area (Å²) in [6, 6.07) is 1.57. The Hall–Kier alpha value is -2.52. The summed E-state index contributed by atoms with van der Waals surface area (Å²) in [4.78, 5) is 28.2. The number of alkyl halides is 3. The Morgan fingerprint density at radius 3 is 2.69 bits per heavy atom. The summed E-state index contributed by atoms with van der Waals surface area (Å²) in [5, 5.41) is 11.7. The molecule has 2 N–H and O–H groups in total. The minimum atomic E-state index is -4.46. The quantitative estimate of drug-likeness (QED) is 0.770. The maximum atomic E-state index is 12.4. The van der Waals surface area contributed by atoms with Gasteiger partial charge in [-0.2, -0.15) is 13.2 Å². The standard InChI is InChI=1S/C16H20F3N3O4/c1-10-6-11(14(23)24)9-22(8-10)15(25)20-4-5-26-13-3-2-12(7-21-13)16(17,18)19/h2-3,7,10-11H,4-6,8-9H2,1H3,(H,20,25)(H,23,24). The average molecular weight is 375 g/mol. The number of carbonyl (C=O) groups is 2. The number of urea groups is 1. The Labute approximate surface area is 148 Å². The minimum absolute atomic E-state index is 0.0183. The van der Waals surface area contributed by atoms with Gasteiger partial charge in [0.15, 0.2) is 0 Å². The van der Waals surface area contributed by atoms with E-state index < -0.39 is 29.7 Å². The lowest BCUT2D eigenvalue weighted by Gasteiger charge is -2.34. The first-order valence-corrected chi connectivity index (χ1v) is 8.08. The molecule has 7 nitrogen and oxygen atoms in total. The number of hydrogen-bond donors (Lipinski definition) is 2. The van der Waals surface area contributed by atoms with Crippen LogP contribution in [0.1, 0.15) is 18.9 Å². The number of pyridine rings is 1. The average Bonchev–Trinajstić information content (AvgIpc) is 2.57. The molecule has 10 heteroatoms. The Morgan fingerprint density at radius 2 is 2.12 bits per heavy atom. The normalized spacial score (nSPS) is 20.5. The SMILES string of the molecule is CC1CC(C(=O)O)CN(C(=O)NCCOc2ccc(C(F)(F)F)cn2)C1. The Balaban J connectivity index is 1.75. The van der Waals surface area contributed by atoms with Crippen LogP contribution >= 0.6 is 0 Å². The van der Waals surface area contributed by atoms with Gasteiger partial charge < -0.3 is 20.1 Å². The van der Waals surface area contributed by atoms with Gasteiger partial charge in [-0.1, -0.05) is 6.92 Å². The molecule has 2 heterocycles. The number of carboxylic acids is 1. The molecule has 0 aromatic carbocycles. The molecule has 2 rings (SSSR count). The zero-order chi connectivity index (χ0) is 19.3. The molecule has 144 valence electrons. The second-order valence-corrected chi connectivity index (χ2v) is 6.24. The molecule has 26 heavy (non-hydrogen) atoms. The largest absolute Gasteiger partial charge is 0.481 e. The number of carboxylic acid groups (broad SMARTS) is 1. The van der Waals surface area contributed by atoms with Crippen LogP contribution in [0.2, 0.25) is 0 Å². The number of carbonyl (C=O) groups excluding carboxylic acids is 1. The Morgan fingerprint density at radius 1 is 1.38 bits per heavy atom. The molecular formula is C16H20F3N3O4. The first-order chi connectivity index (χ1) is 12.2. The van der Waals surface area contributed by atoms with Gasteiger partial charge in [0.1, 0.15) is 6.61 Å². The summed E-state index contributed by atoms with van der Waals surface area (Å²) in [7, 11) is 0. The van der Waals surface area contributed by atoms with E-state index in [2.05, 4.69) is 10.3 Å². The van der Waals surface area contributed by atoms with Crippen molar-refractivity contribution in [2.75, 3.05) is 26.2 Å². The fourth-order valence-corrected chi connectivity index (χ4v) is 2.76. The molecule has 0 radical (unpaired) electrons. The lowest BCUT2D eigenvalue weighted by Crippen LogP contribution is -2.50. The summed E-state index contributed by atoms with van der Waals surface area (Å²) in [5.74, 6) is -1.41. The summed E-state index contributed by atoms with van der Waals surface area (Å²) < 4.78 is 42.5. The van der Waals surface area contributed by atoms with E-state index in [9.17, 15) is 22.8 Å². The van der Waals surface area contributed by atoms with Crippen LogP contribution in [-0.2, 0) is 11.0 Å². The van der Waals surface area contributed by atoms with Crippen molar-refractivity contribution >= 4 is 12.0 Å². The molecule has 0 spiro atoms. The first-order valence-electron chi connectivity index (χ1n) is 8.08. The van der Waals surface area contributed by atoms with E-state index in [0.29, 0.717) is 19.2 Å². The predicted octanol–water partition coefficient (Wildman–Crippen LogP) is 2.23. The van der Waals surface area contributed by atoms with Crippen molar-refractivity contribution in [1.29, 1.82) is 0 Å². The predicted molar refractivity (Wildman–Crippen MR) is 84.6 cm³/mol. The number of piperidine rings is 1. The lowest BCUT2D eigenvalue weighted by molar-refractivity contribution is -0.143. The van der Waals surface area contributed by atoms with E-state index in [0.717, 1.165) is 12.1 Å². The molecule has 1 aromatic rings. The second kappa shape index (κ2) is 8.24. The van der Waals surface area contributed by atoms with Crippen LogP contribution in [0.4, 0.5) is 18.0 Å². The summed E-state index contributed by atoms with van der Waals surface area (Å²) in [6.45, 7) is 2.64. The number of nitrogens with one attached hydrogen (secondary N) is 1. The Kier molecular flexibility index (Phi) is 6.27. The molecule has 0 bridgehead atoms. The molecule has 2 atom stereocenters. The maximum Gasteiger partial charge on any atom is 0.417 e. The number of ether oxygens (including phenoxy) is 1. The summed E-state index contributed by atoms with van der Waals surface area (Å²) >= 11 is 0. The summed E-state index contributed by atoms with van der Waals surface area (Å²) in [5.41, 5.74) is -0.870. The first kappa shape index (κ1) is 19.8. The van der Waals surface area contributed by atoms with E-state index >= 15 is 0 Å². The molecule has 1 aromatic heterocycles. The van der Waals surface area contributed by atoms with Crippen LogP contribution in [-0.4, -0.2) is 53.2 Å². The molecule has 2 unspecified atom stereocenters. The highest BCUT2D eigenvalue weighted by atomic mass is 19.4. The number of likely N-dealkylation sites (tertiary alicyclic amines) is 1. The molecule has 1 saturated heterocycles. The highest BCUT2D eigenvalue weighted by Gasteiger charge is 2.32. The number of rotatable bonds is 5. The van der Waals surface area contributed by atoms with Gasteiger partial charge in [-0.3, -0.25) is 4.79 Å². The van der Waals surface area contributed by atoms with Crippen molar-refractivity contribution in [3.63, 3.8) is 0 Å². The molecule has 0 aliphatic carbocycles. The van der Waals surface area contributed by atoms with Gasteiger partial charge in [-0.05, 0) is 18.4 Å². The highest BCUT2D eigenvalue weighted by molar-refractivity contribution is 5.76. The van der Waals surface area contributed by atoms with Crippen molar-refractivity contribution in [3.8, 4) is 5.88 Å². The van der Waals surface area contributed by atoms with Crippen LogP contribution in [0, 0.1) is 11.8 Å². The van der Waals surface area contributed by atoms with Gasteiger partial charge in [-0.15, -0.1) is 0 Å². The van der Waals surface area contributed by atoms with Crippen molar-refractivity contribution in [1.82, 2.24) is 15.2 Å².